The Morgan fingerprint density at radius 1 is 1.10 bits per heavy atom. The Kier molecular flexibility index (Phi) is 5.12. The Balaban J connectivity index is 3.48. The minimum atomic E-state index is 0.749. The van der Waals surface area contributed by atoms with Gasteiger partial charge in [0.2, 0.25) is 0 Å². The first-order valence-corrected chi connectivity index (χ1v) is 4.14. The van der Waals surface area contributed by atoms with Crippen LogP contribution in [0.3, 0.4) is 0 Å². The van der Waals surface area contributed by atoms with Crippen LogP contribution in [0.1, 0.15) is 40.5 Å². The van der Waals surface area contributed by atoms with E-state index in [0.29, 0.717) is 0 Å². The maximum Gasteiger partial charge on any atom is 0.0117 e. The summed E-state index contributed by atoms with van der Waals surface area (Å²) in [4.78, 5) is 0. The van der Waals surface area contributed by atoms with Gasteiger partial charge >= 0.3 is 0 Å². The van der Waals surface area contributed by atoms with Gasteiger partial charge < -0.3 is 0 Å². The molecule has 0 aliphatic heterocycles. The molecule has 0 radical (unpaired) electrons. The molecule has 0 rings (SSSR count). The zero-order valence-corrected chi connectivity index (χ0v) is 7.57. The molecule has 0 fully saturated rings. The van der Waals surface area contributed by atoms with Crippen molar-refractivity contribution < 1.29 is 0 Å². The smallest absolute Gasteiger partial charge is 0.0117 e. The average molecular weight is 138 g/mol. The van der Waals surface area contributed by atoms with Crippen molar-refractivity contribution in [1.29, 1.82) is 0 Å². The molecule has 0 heteroatoms. The summed E-state index contributed by atoms with van der Waals surface area (Å²) >= 11 is 0. The predicted octanol–water partition coefficient (Wildman–Crippen LogP) is 3.08. The summed E-state index contributed by atoms with van der Waals surface area (Å²) in [6, 6.07) is 0. The fourth-order valence-corrected chi connectivity index (χ4v) is 0.594. The summed E-state index contributed by atoms with van der Waals surface area (Å²) < 4.78 is 0. The van der Waals surface area contributed by atoms with E-state index in [2.05, 4.69) is 39.5 Å². The lowest BCUT2D eigenvalue weighted by atomic mass is 9.95. The third-order valence-corrected chi connectivity index (χ3v) is 1.86. The van der Waals surface area contributed by atoms with Gasteiger partial charge in [-0.2, -0.15) is 0 Å². The minimum Gasteiger partial charge on any atom is -0.104 e. The van der Waals surface area contributed by atoms with E-state index in [1.807, 2.05) is 0 Å². The molecule has 0 amide bonds. The van der Waals surface area contributed by atoms with Crippen LogP contribution >= 0.6 is 0 Å². The molecule has 0 aliphatic rings. The van der Waals surface area contributed by atoms with Crippen molar-refractivity contribution in [3.8, 4) is 11.8 Å². The largest absolute Gasteiger partial charge is 0.104 e. The summed E-state index contributed by atoms with van der Waals surface area (Å²) in [5, 5.41) is 0. The lowest BCUT2D eigenvalue weighted by molar-refractivity contribution is 0.429. The molecular weight excluding hydrogens is 120 g/mol. The quantitative estimate of drug-likeness (QED) is 0.514. The number of rotatable bonds is 2. The van der Waals surface area contributed by atoms with Gasteiger partial charge in [0.05, 0.1) is 0 Å². The van der Waals surface area contributed by atoms with E-state index in [-0.39, 0.29) is 0 Å². The highest BCUT2D eigenvalue weighted by molar-refractivity contribution is 4.98. The topological polar surface area (TPSA) is 0 Å². The van der Waals surface area contributed by atoms with E-state index < -0.39 is 0 Å². The Morgan fingerprint density at radius 2 is 1.70 bits per heavy atom. The maximum atomic E-state index is 3.17. The summed E-state index contributed by atoms with van der Waals surface area (Å²) in [7, 11) is 0. The lowest BCUT2D eigenvalue weighted by Gasteiger charge is -2.10. The van der Waals surface area contributed by atoms with E-state index >= 15 is 0 Å². The van der Waals surface area contributed by atoms with Crippen LogP contribution in [0, 0.1) is 23.7 Å². The molecular formula is C10H18. The molecule has 0 aromatic carbocycles. The molecule has 0 saturated carbocycles. The van der Waals surface area contributed by atoms with Crippen LogP contribution in [0.15, 0.2) is 0 Å². The third kappa shape index (κ3) is 4.44. The Labute approximate surface area is 65.0 Å². The second-order valence-electron chi connectivity index (χ2n) is 3.13. The van der Waals surface area contributed by atoms with Gasteiger partial charge in [0.1, 0.15) is 0 Å². The minimum absolute atomic E-state index is 0.749. The highest BCUT2D eigenvalue weighted by atomic mass is 14.1. The Hall–Kier alpha value is -0.440. The van der Waals surface area contributed by atoms with Crippen LogP contribution in [-0.2, 0) is 0 Å². The molecule has 1 atom stereocenters. The fourth-order valence-electron chi connectivity index (χ4n) is 0.594. The number of hydrogen-bond donors (Lipinski definition) is 0. The predicted molar refractivity (Wildman–Crippen MR) is 46.7 cm³/mol. The van der Waals surface area contributed by atoms with Crippen molar-refractivity contribution in [2.24, 2.45) is 11.8 Å². The van der Waals surface area contributed by atoms with E-state index in [9.17, 15) is 0 Å². The molecule has 58 valence electrons. The fraction of sp³-hybridized carbons (Fsp3) is 0.800. The zero-order chi connectivity index (χ0) is 7.98. The molecule has 0 aliphatic carbocycles. The van der Waals surface area contributed by atoms with E-state index in [1.165, 1.54) is 0 Å². The van der Waals surface area contributed by atoms with Crippen molar-refractivity contribution >= 4 is 0 Å². The van der Waals surface area contributed by atoms with E-state index in [0.717, 1.165) is 24.7 Å². The second-order valence-corrected chi connectivity index (χ2v) is 3.13. The standard InChI is InChI=1S/C10H18/c1-5-6-7-8-10(4)9(2)3/h9-10H,5,8H2,1-4H3. The van der Waals surface area contributed by atoms with Crippen LogP contribution in [0.2, 0.25) is 0 Å². The van der Waals surface area contributed by atoms with Crippen LogP contribution in [0.5, 0.6) is 0 Å². The maximum absolute atomic E-state index is 3.17. The van der Waals surface area contributed by atoms with Crippen molar-refractivity contribution in [3.63, 3.8) is 0 Å². The van der Waals surface area contributed by atoms with Crippen molar-refractivity contribution in [2.45, 2.75) is 40.5 Å². The molecule has 0 N–H and O–H groups in total. The Bertz CT molecular complexity index is 123. The summed E-state index contributed by atoms with van der Waals surface area (Å²) in [6.07, 6.45) is 2.05. The molecule has 0 spiro atoms. The van der Waals surface area contributed by atoms with Gasteiger partial charge in [-0.3, -0.25) is 0 Å². The van der Waals surface area contributed by atoms with Gasteiger partial charge in [0.25, 0.3) is 0 Å². The highest BCUT2D eigenvalue weighted by Gasteiger charge is 2.03. The SMILES string of the molecule is CCC#CCC(C)C(C)C. The molecule has 0 heterocycles. The second kappa shape index (κ2) is 5.35. The van der Waals surface area contributed by atoms with Gasteiger partial charge in [0.15, 0.2) is 0 Å². The molecule has 1 unspecified atom stereocenters. The first kappa shape index (κ1) is 9.56. The third-order valence-electron chi connectivity index (χ3n) is 1.86. The van der Waals surface area contributed by atoms with Crippen molar-refractivity contribution in [1.82, 2.24) is 0 Å². The van der Waals surface area contributed by atoms with Crippen LogP contribution in [0.4, 0.5) is 0 Å². The molecule has 0 nitrogen and oxygen atoms in total. The highest BCUT2D eigenvalue weighted by Crippen LogP contribution is 2.12. The van der Waals surface area contributed by atoms with E-state index in [1.54, 1.807) is 0 Å². The lowest BCUT2D eigenvalue weighted by Crippen LogP contribution is -2.01. The van der Waals surface area contributed by atoms with Crippen LogP contribution < -0.4 is 0 Å². The molecule has 0 aromatic rings. The van der Waals surface area contributed by atoms with Crippen molar-refractivity contribution in [2.75, 3.05) is 0 Å². The van der Waals surface area contributed by atoms with Gasteiger partial charge in [0, 0.05) is 12.8 Å². The summed E-state index contributed by atoms with van der Waals surface area (Å²) in [5.41, 5.74) is 0. The Morgan fingerprint density at radius 3 is 2.10 bits per heavy atom. The monoisotopic (exact) mass is 138 g/mol. The molecule has 10 heavy (non-hydrogen) atoms. The van der Waals surface area contributed by atoms with E-state index in [4.69, 9.17) is 0 Å². The van der Waals surface area contributed by atoms with Gasteiger partial charge in [-0.05, 0) is 11.8 Å². The summed E-state index contributed by atoms with van der Waals surface area (Å²) in [6.45, 7) is 8.85. The van der Waals surface area contributed by atoms with Gasteiger partial charge in [-0.1, -0.05) is 27.7 Å². The summed E-state index contributed by atoms with van der Waals surface area (Å²) in [5.74, 6) is 7.77. The average Bonchev–Trinajstić information content (AvgIpc) is 1.88. The molecule has 0 aromatic heterocycles. The van der Waals surface area contributed by atoms with Crippen LogP contribution in [-0.4, -0.2) is 0 Å². The first-order chi connectivity index (χ1) is 4.68. The van der Waals surface area contributed by atoms with Crippen LogP contribution in [0.25, 0.3) is 0 Å². The van der Waals surface area contributed by atoms with Gasteiger partial charge in [-0.25, -0.2) is 0 Å². The first-order valence-electron chi connectivity index (χ1n) is 4.14. The molecule has 0 saturated heterocycles. The zero-order valence-electron chi connectivity index (χ0n) is 7.57. The normalized spacial score (nSPS) is 12.5. The number of hydrogen-bond acceptors (Lipinski definition) is 0. The van der Waals surface area contributed by atoms with Crippen molar-refractivity contribution in [3.05, 3.63) is 0 Å². The van der Waals surface area contributed by atoms with Gasteiger partial charge in [-0.15, -0.1) is 11.8 Å². The molecule has 0 bridgehead atoms.